The van der Waals surface area contributed by atoms with E-state index < -0.39 is 0 Å². The van der Waals surface area contributed by atoms with E-state index in [0.717, 1.165) is 24.2 Å². The Morgan fingerprint density at radius 2 is 1.07 bits per heavy atom. The van der Waals surface area contributed by atoms with Crippen molar-refractivity contribution in [1.82, 2.24) is 0 Å². The zero-order valence-electron chi connectivity index (χ0n) is 31.2. The second kappa shape index (κ2) is 12.5. The lowest BCUT2D eigenvalue weighted by Crippen LogP contribution is -2.41. The van der Waals surface area contributed by atoms with E-state index in [-0.39, 0.29) is 10.8 Å². The average Bonchev–Trinajstić information content (AvgIpc) is 3.62. The summed E-state index contributed by atoms with van der Waals surface area (Å²) >= 11 is 0. The predicted octanol–water partition coefficient (Wildman–Crippen LogP) is 13.8. The molecule has 7 aromatic rings. The molecule has 10 rings (SSSR count). The lowest BCUT2D eigenvalue weighted by atomic mass is 9.70. The van der Waals surface area contributed by atoms with Crippen molar-refractivity contribution in [3.8, 4) is 22.3 Å². The number of fused-ring (bicyclic) bond motifs is 6. The first-order valence-corrected chi connectivity index (χ1v) is 19.4. The fourth-order valence-corrected chi connectivity index (χ4v) is 9.76. The standard InChI is InChI=1S/C52H44N2/c1-51(2)46-19-11-10-18-44(46)45-32-31-43(34-48(45)51)53(40-16-8-5-9-17-40)41-27-24-38(25-28-41)39-26-33-50-52(3,35-39)47-20-12-13-21-49(47)54(50)42-29-22-37(23-30-42)36-14-6-4-7-15-36/h4-25,27-32,34-35,50H,26,33H2,1-3H3. The van der Waals surface area contributed by atoms with Gasteiger partial charge in [-0.15, -0.1) is 0 Å². The second-order valence-electron chi connectivity index (χ2n) is 15.9. The molecule has 3 aliphatic rings. The first-order chi connectivity index (χ1) is 26.4. The van der Waals surface area contributed by atoms with Gasteiger partial charge in [-0.2, -0.15) is 0 Å². The highest BCUT2D eigenvalue weighted by atomic mass is 15.2. The maximum Gasteiger partial charge on any atom is 0.0475 e. The van der Waals surface area contributed by atoms with Crippen LogP contribution in [0.4, 0.5) is 28.4 Å². The molecule has 0 spiro atoms. The van der Waals surface area contributed by atoms with Crippen LogP contribution in [0.25, 0.3) is 27.8 Å². The fraction of sp³-hybridized carbons (Fsp3) is 0.154. The van der Waals surface area contributed by atoms with Gasteiger partial charge in [0, 0.05) is 45.3 Å². The molecule has 0 saturated carbocycles. The number of hydrogen-bond donors (Lipinski definition) is 0. The van der Waals surface area contributed by atoms with E-state index in [1.54, 1.807) is 0 Å². The van der Waals surface area contributed by atoms with Crippen molar-refractivity contribution in [2.24, 2.45) is 0 Å². The average molecular weight is 697 g/mol. The molecule has 0 amide bonds. The zero-order chi connectivity index (χ0) is 36.4. The summed E-state index contributed by atoms with van der Waals surface area (Å²) in [7, 11) is 0. The van der Waals surface area contributed by atoms with Gasteiger partial charge in [-0.3, -0.25) is 0 Å². The Morgan fingerprint density at radius 1 is 0.500 bits per heavy atom. The van der Waals surface area contributed by atoms with Gasteiger partial charge in [0.25, 0.3) is 0 Å². The molecule has 0 radical (unpaired) electrons. The van der Waals surface area contributed by atoms with Crippen molar-refractivity contribution >= 4 is 34.0 Å². The largest absolute Gasteiger partial charge is 0.337 e. The first-order valence-electron chi connectivity index (χ1n) is 19.4. The van der Waals surface area contributed by atoms with E-state index in [1.165, 1.54) is 67.1 Å². The summed E-state index contributed by atoms with van der Waals surface area (Å²) in [6.07, 6.45) is 4.71. The molecule has 0 N–H and O–H groups in total. The Morgan fingerprint density at radius 3 is 1.83 bits per heavy atom. The highest BCUT2D eigenvalue weighted by Crippen LogP contribution is 2.55. The van der Waals surface area contributed by atoms with Crippen LogP contribution in [0.1, 0.15) is 55.9 Å². The summed E-state index contributed by atoms with van der Waals surface area (Å²) in [6, 6.07) is 65.2. The van der Waals surface area contributed by atoms with Crippen LogP contribution in [0.2, 0.25) is 0 Å². The molecule has 2 heteroatoms. The number of benzene rings is 7. The van der Waals surface area contributed by atoms with E-state index in [9.17, 15) is 0 Å². The van der Waals surface area contributed by atoms with Gasteiger partial charge in [-0.1, -0.05) is 141 Å². The Hall–Kier alpha value is -6.12. The molecule has 54 heavy (non-hydrogen) atoms. The number of rotatable bonds is 6. The molecule has 0 aromatic heterocycles. The number of para-hydroxylation sites is 2. The third kappa shape index (κ3) is 5.08. The van der Waals surface area contributed by atoms with Crippen LogP contribution in [0, 0.1) is 0 Å². The summed E-state index contributed by atoms with van der Waals surface area (Å²) < 4.78 is 0. The smallest absolute Gasteiger partial charge is 0.0475 e. The van der Waals surface area contributed by atoms with Crippen LogP contribution in [-0.2, 0) is 10.8 Å². The van der Waals surface area contributed by atoms with E-state index in [2.05, 4.69) is 213 Å². The maximum absolute atomic E-state index is 2.61. The molecule has 7 aromatic carbocycles. The van der Waals surface area contributed by atoms with Crippen LogP contribution in [0.5, 0.6) is 0 Å². The van der Waals surface area contributed by atoms with Crippen molar-refractivity contribution in [2.75, 3.05) is 9.80 Å². The first kappa shape index (κ1) is 32.5. The predicted molar refractivity (Wildman–Crippen MR) is 227 cm³/mol. The SMILES string of the molecule is CC1(C)c2ccccc2-c2ccc(N(c3ccccc3)c3ccc(C4=CC5(C)c6ccccc6N(c6ccc(-c7ccccc7)cc6)C5CC4)cc3)cc21. The maximum atomic E-state index is 2.61. The summed E-state index contributed by atoms with van der Waals surface area (Å²) in [5, 5.41) is 0. The number of nitrogens with zero attached hydrogens (tertiary/aromatic N) is 2. The van der Waals surface area contributed by atoms with Crippen LogP contribution in [0.3, 0.4) is 0 Å². The van der Waals surface area contributed by atoms with Gasteiger partial charge in [0.05, 0.1) is 0 Å². The van der Waals surface area contributed by atoms with Crippen molar-refractivity contribution < 1.29 is 0 Å². The third-order valence-corrected chi connectivity index (χ3v) is 12.5. The van der Waals surface area contributed by atoms with Gasteiger partial charge >= 0.3 is 0 Å². The number of hydrogen-bond acceptors (Lipinski definition) is 2. The van der Waals surface area contributed by atoms with Gasteiger partial charge in [-0.25, -0.2) is 0 Å². The monoisotopic (exact) mass is 696 g/mol. The van der Waals surface area contributed by atoms with E-state index in [1.807, 2.05) is 0 Å². The molecule has 2 aliphatic carbocycles. The lowest BCUT2D eigenvalue weighted by molar-refractivity contribution is 0.446. The van der Waals surface area contributed by atoms with Crippen LogP contribution in [0.15, 0.2) is 182 Å². The molecule has 2 nitrogen and oxygen atoms in total. The summed E-state index contributed by atoms with van der Waals surface area (Å²) in [4.78, 5) is 5.01. The minimum Gasteiger partial charge on any atom is -0.337 e. The molecule has 0 fully saturated rings. The van der Waals surface area contributed by atoms with Gasteiger partial charge < -0.3 is 9.80 Å². The molecule has 2 unspecified atom stereocenters. The minimum absolute atomic E-state index is 0.0599. The quantitative estimate of drug-likeness (QED) is 0.171. The Labute approximate surface area is 319 Å². The second-order valence-corrected chi connectivity index (χ2v) is 15.9. The Kier molecular flexibility index (Phi) is 7.52. The summed E-state index contributed by atoms with van der Waals surface area (Å²) in [6.45, 7) is 7.17. The molecule has 262 valence electrons. The van der Waals surface area contributed by atoms with Crippen LogP contribution in [-0.4, -0.2) is 6.04 Å². The van der Waals surface area contributed by atoms with Crippen molar-refractivity contribution in [3.63, 3.8) is 0 Å². The van der Waals surface area contributed by atoms with Crippen molar-refractivity contribution in [3.05, 3.63) is 204 Å². The zero-order valence-corrected chi connectivity index (χ0v) is 31.2. The van der Waals surface area contributed by atoms with Gasteiger partial charge in [0.2, 0.25) is 0 Å². The van der Waals surface area contributed by atoms with Crippen molar-refractivity contribution in [1.29, 1.82) is 0 Å². The highest BCUT2D eigenvalue weighted by molar-refractivity contribution is 5.86. The van der Waals surface area contributed by atoms with Crippen LogP contribution < -0.4 is 9.80 Å². The van der Waals surface area contributed by atoms with Crippen LogP contribution >= 0.6 is 0 Å². The third-order valence-electron chi connectivity index (χ3n) is 12.5. The molecule has 2 atom stereocenters. The minimum atomic E-state index is -0.105. The number of allylic oxidation sites excluding steroid dienone is 1. The van der Waals surface area contributed by atoms with Gasteiger partial charge in [-0.05, 0) is 124 Å². The number of anilines is 5. The molecule has 0 bridgehead atoms. The lowest BCUT2D eigenvalue weighted by Gasteiger charge is -2.39. The van der Waals surface area contributed by atoms with E-state index in [4.69, 9.17) is 0 Å². The van der Waals surface area contributed by atoms with Gasteiger partial charge in [0.15, 0.2) is 0 Å². The van der Waals surface area contributed by atoms with E-state index >= 15 is 0 Å². The topological polar surface area (TPSA) is 6.48 Å². The molecule has 1 aliphatic heterocycles. The molecular weight excluding hydrogens is 653 g/mol. The van der Waals surface area contributed by atoms with E-state index in [0.29, 0.717) is 6.04 Å². The Balaban J connectivity index is 0.987. The molecule has 0 saturated heterocycles. The molecule has 1 heterocycles. The van der Waals surface area contributed by atoms with Gasteiger partial charge in [0.1, 0.15) is 0 Å². The normalized spacial score (nSPS) is 19.0. The summed E-state index contributed by atoms with van der Waals surface area (Å²) in [5.41, 5.74) is 18.0. The fourth-order valence-electron chi connectivity index (χ4n) is 9.76. The summed E-state index contributed by atoms with van der Waals surface area (Å²) in [5.74, 6) is 0. The molecular formula is C52H44N2. The Bertz CT molecular complexity index is 2530. The van der Waals surface area contributed by atoms with Crippen molar-refractivity contribution in [2.45, 2.75) is 50.5 Å². The highest BCUT2D eigenvalue weighted by Gasteiger charge is 2.48.